The second-order valence-electron chi connectivity index (χ2n) is 2.63. The molecular formula is C10H11BrO. The van der Waals surface area contributed by atoms with E-state index in [1.54, 1.807) is 7.11 Å². The average molecular weight is 227 g/mol. The number of hydrogen-bond acceptors (Lipinski definition) is 1. The molecule has 0 N–H and O–H groups in total. The monoisotopic (exact) mass is 226 g/mol. The lowest BCUT2D eigenvalue weighted by Crippen LogP contribution is -1.85. The van der Waals surface area contributed by atoms with Crippen LogP contribution in [0.1, 0.15) is 12.5 Å². The van der Waals surface area contributed by atoms with Gasteiger partial charge in [-0.2, -0.15) is 0 Å². The summed E-state index contributed by atoms with van der Waals surface area (Å²) < 4.78 is 6.09. The van der Waals surface area contributed by atoms with Crippen LogP contribution in [-0.4, -0.2) is 7.11 Å². The Labute approximate surface area is 81.2 Å². The number of rotatable bonds is 2. The van der Waals surface area contributed by atoms with Crippen molar-refractivity contribution in [1.29, 1.82) is 0 Å². The number of ether oxygens (including phenoxy) is 1. The molecule has 0 fully saturated rings. The van der Waals surface area contributed by atoms with E-state index in [9.17, 15) is 0 Å². The molecule has 0 bridgehead atoms. The van der Waals surface area contributed by atoms with Crippen molar-refractivity contribution in [2.75, 3.05) is 7.11 Å². The van der Waals surface area contributed by atoms with Crippen LogP contribution >= 0.6 is 15.9 Å². The van der Waals surface area contributed by atoms with E-state index in [0.29, 0.717) is 0 Å². The summed E-state index contributed by atoms with van der Waals surface area (Å²) in [6.07, 6.45) is 0. The molecule has 2 heteroatoms. The van der Waals surface area contributed by atoms with E-state index in [2.05, 4.69) is 22.5 Å². The SMILES string of the molecule is C=C(C)c1ccc(OC)cc1Br. The Hall–Kier alpha value is -0.760. The molecule has 64 valence electrons. The van der Waals surface area contributed by atoms with Crippen molar-refractivity contribution in [2.24, 2.45) is 0 Å². The third kappa shape index (κ3) is 1.89. The first-order valence-electron chi connectivity index (χ1n) is 3.64. The Bertz CT molecular complexity index is 305. The average Bonchev–Trinajstić information content (AvgIpc) is 2.03. The summed E-state index contributed by atoms with van der Waals surface area (Å²) in [5, 5.41) is 0. The van der Waals surface area contributed by atoms with Gasteiger partial charge >= 0.3 is 0 Å². The minimum atomic E-state index is 0.854. The zero-order valence-electron chi connectivity index (χ0n) is 7.23. The predicted octanol–water partition coefficient (Wildman–Crippen LogP) is 3.49. The van der Waals surface area contributed by atoms with E-state index in [1.807, 2.05) is 25.1 Å². The zero-order valence-corrected chi connectivity index (χ0v) is 8.81. The van der Waals surface area contributed by atoms with E-state index in [-0.39, 0.29) is 0 Å². The fourth-order valence-electron chi connectivity index (χ4n) is 0.969. The highest BCUT2D eigenvalue weighted by Crippen LogP contribution is 2.26. The maximum atomic E-state index is 5.07. The normalized spacial score (nSPS) is 9.58. The largest absolute Gasteiger partial charge is 0.497 e. The molecule has 1 aromatic carbocycles. The molecule has 0 aliphatic heterocycles. The Balaban J connectivity index is 3.12. The van der Waals surface area contributed by atoms with Crippen molar-refractivity contribution in [2.45, 2.75) is 6.92 Å². The highest BCUT2D eigenvalue weighted by Gasteiger charge is 2.01. The van der Waals surface area contributed by atoms with Crippen LogP contribution in [0.5, 0.6) is 5.75 Å². The molecule has 0 saturated heterocycles. The number of allylic oxidation sites excluding steroid dienone is 1. The lowest BCUT2D eigenvalue weighted by molar-refractivity contribution is 0.414. The highest BCUT2D eigenvalue weighted by atomic mass is 79.9. The second-order valence-corrected chi connectivity index (χ2v) is 3.48. The summed E-state index contributed by atoms with van der Waals surface area (Å²) in [5.74, 6) is 0.854. The van der Waals surface area contributed by atoms with Crippen LogP contribution in [0, 0.1) is 0 Å². The van der Waals surface area contributed by atoms with Crippen molar-refractivity contribution in [3.63, 3.8) is 0 Å². The first-order chi connectivity index (χ1) is 5.65. The van der Waals surface area contributed by atoms with Gasteiger partial charge in [-0.25, -0.2) is 0 Å². The Morgan fingerprint density at radius 1 is 1.50 bits per heavy atom. The molecule has 0 aliphatic rings. The molecule has 0 saturated carbocycles. The van der Waals surface area contributed by atoms with Crippen LogP contribution in [-0.2, 0) is 0 Å². The van der Waals surface area contributed by atoms with Crippen molar-refractivity contribution < 1.29 is 4.74 Å². The van der Waals surface area contributed by atoms with E-state index in [1.165, 1.54) is 0 Å². The molecular weight excluding hydrogens is 216 g/mol. The van der Waals surface area contributed by atoms with E-state index in [4.69, 9.17) is 4.74 Å². The number of hydrogen-bond donors (Lipinski definition) is 0. The van der Waals surface area contributed by atoms with Crippen LogP contribution in [0.25, 0.3) is 5.57 Å². The van der Waals surface area contributed by atoms with Gasteiger partial charge in [-0.3, -0.25) is 0 Å². The van der Waals surface area contributed by atoms with Gasteiger partial charge in [0.05, 0.1) is 7.11 Å². The predicted molar refractivity (Wildman–Crippen MR) is 55.4 cm³/mol. The molecule has 0 heterocycles. The molecule has 1 aromatic rings. The smallest absolute Gasteiger partial charge is 0.120 e. The highest BCUT2D eigenvalue weighted by molar-refractivity contribution is 9.10. The summed E-state index contributed by atoms with van der Waals surface area (Å²) in [6.45, 7) is 5.85. The Kier molecular flexibility index (Phi) is 2.93. The van der Waals surface area contributed by atoms with Crippen LogP contribution in [0.4, 0.5) is 0 Å². The zero-order chi connectivity index (χ0) is 9.14. The topological polar surface area (TPSA) is 9.23 Å². The van der Waals surface area contributed by atoms with Crippen LogP contribution in [0.2, 0.25) is 0 Å². The van der Waals surface area contributed by atoms with Crippen molar-refractivity contribution >= 4 is 21.5 Å². The molecule has 1 rings (SSSR count). The molecule has 0 radical (unpaired) electrons. The van der Waals surface area contributed by atoms with E-state index in [0.717, 1.165) is 21.4 Å². The van der Waals surface area contributed by atoms with Gasteiger partial charge in [-0.1, -0.05) is 22.5 Å². The third-order valence-electron chi connectivity index (χ3n) is 1.64. The molecule has 0 amide bonds. The summed E-state index contributed by atoms with van der Waals surface area (Å²) in [7, 11) is 1.65. The van der Waals surface area contributed by atoms with Gasteiger partial charge in [0.25, 0.3) is 0 Å². The van der Waals surface area contributed by atoms with Gasteiger partial charge in [0.1, 0.15) is 5.75 Å². The summed E-state index contributed by atoms with van der Waals surface area (Å²) in [5.41, 5.74) is 2.17. The summed E-state index contributed by atoms with van der Waals surface area (Å²) in [6, 6.07) is 5.85. The first-order valence-corrected chi connectivity index (χ1v) is 4.44. The van der Waals surface area contributed by atoms with Gasteiger partial charge in [-0.15, -0.1) is 0 Å². The molecule has 1 nitrogen and oxygen atoms in total. The van der Waals surface area contributed by atoms with E-state index >= 15 is 0 Å². The lowest BCUT2D eigenvalue weighted by Gasteiger charge is -2.05. The van der Waals surface area contributed by atoms with Crippen LogP contribution in [0.15, 0.2) is 29.3 Å². The molecule has 0 aromatic heterocycles. The molecule has 0 aliphatic carbocycles. The van der Waals surface area contributed by atoms with E-state index < -0.39 is 0 Å². The maximum absolute atomic E-state index is 5.07. The summed E-state index contributed by atoms with van der Waals surface area (Å²) in [4.78, 5) is 0. The summed E-state index contributed by atoms with van der Waals surface area (Å²) >= 11 is 3.45. The lowest BCUT2D eigenvalue weighted by atomic mass is 10.1. The first kappa shape index (κ1) is 9.33. The maximum Gasteiger partial charge on any atom is 0.120 e. The number of benzene rings is 1. The Morgan fingerprint density at radius 2 is 2.17 bits per heavy atom. The van der Waals surface area contributed by atoms with Crippen molar-refractivity contribution in [1.82, 2.24) is 0 Å². The fraction of sp³-hybridized carbons (Fsp3) is 0.200. The van der Waals surface area contributed by atoms with Gasteiger partial charge < -0.3 is 4.74 Å². The van der Waals surface area contributed by atoms with Gasteiger partial charge in [0.2, 0.25) is 0 Å². The van der Waals surface area contributed by atoms with Crippen molar-refractivity contribution in [3.05, 3.63) is 34.8 Å². The van der Waals surface area contributed by atoms with Gasteiger partial charge in [0.15, 0.2) is 0 Å². The molecule has 0 unspecified atom stereocenters. The number of halogens is 1. The second kappa shape index (κ2) is 3.76. The minimum absolute atomic E-state index is 0.854. The number of methoxy groups -OCH3 is 1. The fourth-order valence-corrected chi connectivity index (χ4v) is 1.67. The molecule has 0 spiro atoms. The molecule has 0 atom stereocenters. The van der Waals surface area contributed by atoms with Crippen molar-refractivity contribution in [3.8, 4) is 5.75 Å². The standard InChI is InChI=1S/C10H11BrO/c1-7(2)9-5-4-8(12-3)6-10(9)11/h4-6H,1H2,2-3H3. The van der Waals surface area contributed by atoms with Gasteiger partial charge in [0, 0.05) is 4.47 Å². The quantitative estimate of drug-likeness (QED) is 0.751. The Morgan fingerprint density at radius 3 is 2.58 bits per heavy atom. The van der Waals surface area contributed by atoms with Crippen LogP contribution in [0.3, 0.4) is 0 Å². The minimum Gasteiger partial charge on any atom is -0.497 e. The third-order valence-corrected chi connectivity index (χ3v) is 2.29. The van der Waals surface area contributed by atoms with Gasteiger partial charge in [-0.05, 0) is 36.3 Å². The van der Waals surface area contributed by atoms with Crippen LogP contribution < -0.4 is 4.74 Å². The molecule has 12 heavy (non-hydrogen) atoms.